The molecule has 2 heterocycles. The summed E-state index contributed by atoms with van der Waals surface area (Å²) in [7, 11) is 0. The van der Waals surface area contributed by atoms with Crippen molar-refractivity contribution in [3.63, 3.8) is 0 Å². The van der Waals surface area contributed by atoms with Gasteiger partial charge in [0.15, 0.2) is 0 Å². The van der Waals surface area contributed by atoms with Gasteiger partial charge >= 0.3 is 5.69 Å². The molecule has 84 valence electrons. The standard InChI is InChI=1S/C10H18N4O/c1-2-8(11)7-14-10(15)13-6-4-3-5-9(13)12-14/h8H,2-7,11H2,1H3. The molecule has 1 aromatic heterocycles. The minimum absolute atomic E-state index is 0.00796. The van der Waals surface area contributed by atoms with Gasteiger partial charge in [-0.25, -0.2) is 9.48 Å². The summed E-state index contributed by atoms with van der Waals surface area (Å²) in [6, 6.07) is 0.0275. The predicted molar refractivity (Wildman–Crippen MR) is 57.7 cm³/mol. The van der Waals surface area contributed by atoms with Gasteiger partial charge in [0.25, 0.3) is 0 Å². The van der Waals surface area contributed by atoms with Crippen LogP contribution in [0.1, 0.15) is 32.0 Å². The van der Waals surface area contributed by atoms with Crippen LogP contribution >= 0.6 is 0 Å². The van der Waals surface area contributed by atoms with Crippen molar-refractivity contribution in [1.29, 1.82) is 0 Å². The largest absolute Gasteiger partial charge is 0.345 e. The van der Waals surface area contributed by atoms with Gasteiger partial charge in [0.1, 0.15) is 5.82 Å². The van der Waals surface area contributed by atoms with Crippen LogP contribution in [0.4, 0.5) is 0 Å². The molecule has 0 amide bonds. The first-order valence-corrected chi connectivity index (χ1v) is 5.64. The van der Waals surface area contributed by atoms with E-state index < -0.39 is 0 Å². The van der Waals surface area contributed by atoms with Gasteiger partial charge in [0, 0.05) is 19.0 Å². The molecule has 0 aliphatic carbocycles. The van der Waals surface area contributed by atoms with Crippen LogP contribution in [0, 0.1) is 0 Å². The van der Waals surface area contributed by atoms with Crippen molar-refractivity contribution in [3.05, 3.63) is 16.3 Å². The third-order valence-corrected chi connectivity index (χ3v) is 2.96. The Balaban J connectivity index is 2.25. The Morgan fingerprint density at radius 2 is 2.33 bits per heavy atom. The number of nitrogens with zero attached hydrogens (tertiary/aromatic N) is 3. The van der Waals surface area contributed by atoms with Crippen molar-refractivity contribution >= 4 is 0 Å². The summed E-state index contributed by atoms with van der Waals surface area (Å²) >= 11 is 0. The van der Waals surface area contributed by atoms with Crippen molar-refractivity contribution in [2.45, 2.75) is 51.7 Å². The number of aryl methyl sites for hydroxylation is 1. The molecule has 2 N–H and O–H groups in total. The second kappa shape index (κ2) is 4.18. The Bertz CT molecular complexity index is 393. The van der Waals surface area contributed by atoms with E-state index in [9.17, 15) is 4.79 Å². The first kappa shape index (κ1) is 10.4. The molecule has 0 fully saturated rings. The number of fused-ring (bicyclic) bond motifs is 1. The van der Waals surface area contributed by atoms with Crippen LogP contribution in [0.2, 0.25) is 0 Å². The third-order valence-electron chi connectivity index (χ3n) is 2.96. The Morgan fingerprint density at radius 1 is 1.53 bits per heavy atom. The molecule has 1 aliphatic rings. The van der Waals surface area contributed by atoms with E-state index >= 15 is 0 Å². The molecule has 0 spiro atoms. The van der Waals surface area contributed by atoms with Crippen LogP contribution in [0.25, 0.3) is 0 Å². The van der Waals surface area contributed by atoms with E-state index in [1.165, 1.54) is 4.68 Å². The fourth-order valence-electron chi connectivity index (χ4n) is 1.92. The monoisotopic (exact) mass is 210 g/mol. The van der Waals surface area contributed by atoms with E-state index in [0.717, 1.165) is 38.1 Å². The maximum absolute atomic E-state index is 11.9. The summed E-state index contributed by atoms with van der Waals surface area (Å²) in [6.07, 6.45) is 4.01. The average molecular weight is 210 g/mol. The Kier molecular flexibility index (Phi) is 2.90. The summed E-state index contributed by atoms with van der Waals surface area (Å²) in [5.74, 6) is 0.926. The average Bonchev–Trinajstić information content (AvgIpc) is 2.57. The molecule has 1 aromatic rings. The van der Waals surface area contributed by atoms with Crippen LogP contribution in [0.5, 0.6) is 0 Å². The number of hydrogen-bond donors (Lipinski definition) is 1. The van der Waals surface area contributed by atoms with Crippen LogP contribution in [0.3, 0.4) is 0 Å². The van der Waals surface area contributed by atoms with Crippen molar-refractivity contribution in [1.82, 2.24) is 14.3 Å². The first-order valence-electron chi connectivity index (χ1n) is 5.64. The fraction of sp³-hybridized carbons (Fsp3) is 0.800. The zero-order valence-corrected chi connectivity index (χ0v) is 9.15. The molecule has 0 saturated carbocycles. The summed E-state index contributed by atoms with van der Waals surface area (Å²) in [4.78, 5) is 11.9. The minimum Gasteiger partial charge on any atom is -0.326 e. The van der Waals surface area contributed by atoms with Gasteiger partial charge < -0.3 is 5.73 Å². The summed E-state index contributed by atoms with van der Waals surface area (Å²) < 4.78 is 3.31. The fourth-order valence-corrected chi connectivity index (χ4v) is 1.92. The Labute approximate surface area is 88.9 Å². The van der Waals surface area contributed by atoms with E-state index in [-0.39, 0.29) is 11.7 Å². The second-order valence-corrected chi connectivity index (χ2v) is 4.16. The molecule has 2 rings (SSSR count). The third kappa shape index (κ3) is 1.97. The molecule has 1 unspecified atom stereocenters. The normalized spacial score (nSPS) is 17.5. The topological polar surface area (TPSA) is 65.8 Å². The maximum atomic E-state index is 11.9. The molecule has 5 heteroatoms. The van der Waals surface area contributed by atoms with Gasteiger partial charge in [-0.15, -0.1) is 0 Å². The molecule has 1 aliphatic heterocycles. The van der Waals surface area contributed by atoms with Gasteiger partial charge in [-0.05, 0) is 19.3 Å². The van der Waals surface area contributed by atoms with Crippen molar-refractivity contribution in [3.8, 4) is 0 Å². The molecule has 1 atom stereocenters. The lowest BCUT2D eigenvalue weighted by molar-refractivity contribution is 0.480. The van der Waals surface area contributed by atoms with Crippen molar-refractivity contribution in [2.75, 3.05) is 0 Å². The number of aromatic nitrogens is 3. The molecular formula is C10H18N4O. The molecule has 5 nitrogen and oxygen atoms in total. The second-order valence-electron chi connectivity index (χ2n) is 4.16. The lowest BCUT2D eigenvalue weighted by Gasteiger charge is -2.09. The number of hydrogen-bond acceptors (Lipinski definition) is 3. The highest BCUT2D eigenvalue weighted by Crippen LogP contribution is 2.09. The Morgan fingerprint density at radius 3 is 3.00 bits per heavy atom. The quantitative estimate of drug-likeness (QED) is 0.770. The van der Waals surface area contributed by atoms with Gasteiger partial charge in [-0.3, -0.25) is 4.57 Å². The smallest absolute Gasteiger partial charge is 0.326 e. The lowest BCUT2D eigenvalue weighted by atomic mass is 10.2. The molecular weight excluding hydrogens is 192 g/mol. The van der Waals surface area contributed by atoms with Gasteiger partial charge in [0.05, 0.1) is 6.54 Å². The van der Waals surface area contributed by atoms with Crippen LogP contribution in [0.15, 0.2) is 4.79 Å². The molecule has 15 heavy (non-hydrogen) atoms. The molecule has 0 aromatic carbocycles. The van der Waals surface area contributed by atoms with Crippen LogP contribution in [-0.2, 0) is 19.5 Å². The molecule has 0 bridgehead atoms. The maximum Gasteiger partial charge on any atom is 0.345 e. The molecule has 0 radical (unpaired) electrons. The van der Waals surface area contributed by atoms with Gasteiger partial charge in [0.2, 0.25) is 0 Å². The molecule has 0 saturated heterocycles. The number of nitrogens with two attached hydrogens (primary N) is 1. The summed E-state index contributed by atoms with van der Waals surface area (Å²) in [5.41, 5.74) is 5.83. The SMILES string of the molecule is CCC(N)Cn1nc2n(c1=O)CCCC2. The van der Waals surface area contributed by atoms with E-state index in [1.54, 1.807) is 4.57 Å². The Hall–Kier alpha value is -1.10. The van der Waals surface area contributed by atoms with Gasteiger partial charge in [-0.2, -0.15) is 5.10 Å². The zero-order chi connectivity index (χ0) is 10.8. The highest BCUT2D eigenvalue weighted by atomic mass is 16.2. The highest BCUT2D eigenvalue weighted by Gasteiger charge is 2.17. The zero-order valence-electron chi connectivity index (χ0n) is 9.15. The van der Waals surface area contributed by atoms with E-state index in [2.05, 4.69) is 5.10 Å². The lowest BCUT2D eigenvalue weighted by Crippen LogP contribution is -2.33. The predicted octanol–water partition coefficient (Wildman–Crippen LogP) is 0.118. The highest BCUT2D eigenvalue weighted by molar-refractivity contribution is 4.91. The van der Waals surface area contributed by atoms with Crippen molar-refractivity contribution < 1.29 is 0 Å². The summed E-state index contributed by atoms with van der Waals surface area (Å²) in [5, 5.41) is 4.33. The van der Waals surface area contributed by atoms with Crippen LogP contribution < -0.4 is 11.4 Å². The van der Waals surface area contributed by atoms with Crippen molar-refractivity contribution in [2.24, 2.45) is 5.73 Å². The van der Waals surface area contributed by atoms with E-state index in [1.807, 2.05) is 6.92 Å². The minimum atomic E-state index is 0.00796. The van der Waals surface area contributed by atoms with E-state index in [4.69, 9.17) is 5.73 Å². The van der Waals surface area contributed by atoms with Crippen LogP contribution in [-0.4, -0.2) is 20.4 Å². The van der Waals surface area contributed by atoms with Gasteiger partial charge in [-0.1, -0.05) is 6.92 Å². The van der Waals surface area contributed by atoms with E-state index in [0.29, 0.717) is 6.54 Å². The number of rotatable bonds is 3. The summed E-state index contributed by atoms with van der Waals surface area (Å²) in [6.45, 7) is 3.37. The first-order chi connectivity index (χ1) is 7.22.